The van der Waals surface area contributed by atoms with Gasteiger partial charge in [0.2, 0.25) is 0 Å². The van der Waals surface area contributed by atoms with E-state index in [2.05, 4.69) is 5.92 Å². The Labute approximate surface area is 106 Å². The molecule has 0 atom stereocenters. The first-order valence-corrected chi connectivity index (χ1v) is 5.77. The minimum Gasteiger partial charge on any atom is -0.480 e. The van der Waals surface area contributed by atoms with Crippen LogP contribution in [0.4, 0.5) is 4.79 Å². The van der Waals surface area contributed by atoms with Gasteiger partial charge in [-0.3, -0.25) is 4.79 Å². The van der Waals surface area contributed by atoms with E-state index in [4.69, 9.17) is 11.5 Å². The van der Waals surface area contributed by atoms with E-state index >= 15 is 0 Å². The number of hydrogen-bond donors (Lipinski definition) is 2. The molecular formula is C12H18N2O4. The van der Waals surface area contributed by atoms with Crippen molar-refractivity contribution < 1.29 is 19.8 Å². The molecule has 0 unspecified atom stereocenters. The third-order valence-electron chi connectivity index (χ3n) is 2.99. The maximum Gasteiger partial charge on any atom is 0.323 e. The summed E-state index contributed by atoms with van der Waals surface area (Å²) >= 11 is 0. The molecule has 2 amide bonds. The van der Waals surface area contributed by atoms with E-state index in [9.17, 15) is 14.7 Å². The molecule has 1 saturated heterocycles. The number of carbonyl (C=O) groups excluding carboxylic acids is 1. The lowest BCUT2D eigenvalue weighted by atomic mass is 9.94. The van der Waals surface area contributed by atoms with Crippen molar-refractivity contribution >= 4 is 12.0 Å². The number of amides is 2. The monoisotopic (exact) mass is 254 g/mol. The number of likely N-dealkylation sites (tertiary alicyclic amines) is 1. The van der Waals surface area contributed by atoms with Crippen molar-refractivity contribution in [3.05, 3.63) is 0 Å². The van der Waals surface area contributed by atoms with Crippen molar-refractivity contribution in [3.8, 4) is 12.3 Å². The van der Waals surface area contributed by atoms with Gasteiger partial charge in [0.05, 0.1) is 12.1 Å². The fourth-order valence-corrected chi connectivity index (χ4v) is 1.84. The fourth-order valence-electron chi connectivity index (χ4n) is 1.84. The van der Waals surface area contributed by atoms with Gasteiger partial charge in [0.1, 0.15) is 6.54 Å². The van der Waals surface area contributed by atoms with Crippen LogP contribution in [0.2, 0.25) is 0 Å². The summed E-state index contributed by atoms with van der Waals surface area (Å²) in [6.45, 7) is 2.11. The van der Waals surface area contributed by atoms with Crippen LogP contribution in [0.1, 0.15) is 19.8 Å². The molecule has 6 nitrogen and oxygen atoms in total. The van der Waals surface area contributed by atoms with Crippen LogP contribution in [0.3, 0.4) is 0 Å². The lowest BCUT2D eigenvalue weighted by Gasteiger charge is -2.37. The minimum absolute atomic E-state index is 0.0297. The third-order valence-corrected chi connectivity index (χ3v) is 2.99. The molecule has 0 bridgehead atoms. The van der Waals surface area contributed by atoms with Crippen molar-refractivity contribution in [2.75, 3.05) is 26.2 Å². The van der Waals surface area contributed by atoms with Gasteiger partial charge in [-0.2, -0.15) is 0 Å². The van der Waals surface area contributed by atoms with Crippen LogP contribution in [-0.4, -0.2) is 63.8 Å². The summed E-state index contributed by atoms with van der Waals surface area (Å²) < 4.78 is 0. The number of hydrogen-bond acceptors (Lipinski definition) is 3. The average Bonchev–Trinajstić information content (AvgIpc) is 2.27. The van der Waals surface area contributed by atoms with Gasteiger partial charge in [-0.1, -0.05) is 5.92 Å². The number of aliphatic hydroxyl groups is 1. The summed E-state index contributed by atoms with van der Waals surface area (Å²) in [4.78, 5) is 25.3. The van der Waals surface area contributed by atoms with Gasteiger partial charge in [-0.25, -0.2) is 4.79 Å². The summed E-state index contributed by atoms with van der Waals surface area (Å²) in [6, 6.07) is -0.383. The van der Waals surface area contributed by atoms with Crippen molar-refractivity contribution in [2.24, 2.45) is 0 Å². The van der Waals surface area contributed by atoms with E-state index in [0.29, 0.717) is 25.9 Å². The molecule has 0 aliphatic carbocycles. The van der Waals surface area contributed by atoms with Gasteiger partial charge < -0.3 is 20.0 Å². The molecule has 1 rings (SSSR count). The van der Waals surface area contributed by atoms with Gasteiger partial charge in [-0.15, -0.1) is 6.42 Å². The second-order valence-electron chi connectivity index (χ2n) is 4.72. The number of carbonyl (C=O) groups is 2. The highest BCUT2D eigenvalue weighted by Crippen LogP contribution is 2.21. The van der Waals surface area contributed by atoms with Crippen LogP contribution in [0, 0.1) is 12.3 Å². The van der Waals surface area contributed by atoms with Crippen molar-refractivity contribution in [2.45, 2.75) is 25.4 Å². The summed E-state index contributed by atoms with van der Waals surface area (Å²) in [7, 11) is 0. The fraction of sp³-hybridized carbons (Fsp3) is 0.667. The molecule has 6 heteroatoms. The zero-order valence-electron chi connectivity index (χ0n) is 10.4. The van der Waals surface area contributed by atoms with Gasteiger partial charge in [-0.05, 0) is 19.8 Å². The van der Waals surface area contributed by atoms with Crippen LogP contribution < -0.4 is 0 Å². The Balaban J connectivity index is 2.61. The lowest BCUT2D eigenvalue weighted by molar-refractivity contribution is -0.137. The molecule has 0 spiro atoms. The van der Waals surface area contributed by atoms with Gasteiger partial charge in [0.25, 0.3) is 0 Å². The van der Waals surface area contributed by atoms with Crippen LogP contribution in [0.5, 0.6) is 0 Å². The largest absolute Gasteiger partial charge is 0.480 e. The first kappa shape index (κ1) is 14.3. The number of terminal acetylenes is 1. The molecule has 18 heavy (non-hydrogen) atoms. The van der Waals surface area contributed by atoms with Crippen molar-refractivity contribution in [1.82, 2.24) is 9.80 Å². The van der Waals surface area contributed by atoms with E-state index in [1.165, 1.54) is 4.90 Å². The Bertz CT molecular complexity index is 363. The first-order chi connectivity index (χ1) is 8.35. The smallest absolute Gasteiger partial charge is 0.323 e. The third kappa shape index (κ3) is 3.93. The standard InChI is InChI=1S/C12H18N2O4/c1-3-6-14(9-10(15)16)11(17)13-7-4-12(2,18)5-8-13/h1,18H,4-9H2,2H3,(H,15,16). The molecule has 1 heterocycles. The number of carboxylic acid groups (broad SMARTS) is 1. The Morgan fingerprint density at radius 1 is 1.44 bits per heavy atom. The number of urea groups is 1. The Hall–Kier alpha value is -1.74. The molecule has 1 fully saturated rings. The number of aliphatic carboxylic acids is 1. The SMILES string of the molecule is C#CCN(CC(=O)O)C(=O)N1CCC(C)(O)CC1. The maximum atomic E-state index is 12.0. The average molecular weight is 254 g/mol. The van der Waals surface area contributed by atoms with Crippen LogP contribution in [-0.2, 0) is 4.79 Å². The lowest BCUT2D eigenvalue weighted by Crippen LogP contribution is -2.51. The molecule has 0 aromatic rings. The van der Waals surface area contributed by atoms with E-state index < -0.39 is 18.1 Å². The second-order valence-corrected chi connectivity index (χ2v) is 4.72. The van der Waals surface area contributed by atoms with E-state index in [-0.39, 0.29) is 12.6 Å². The van der Waals surface area contributed by atoms with Crippen LogP contribution >= 0.6 is 0 Å². The molecular weight excluding hydrogens is 236 g/mol. The van der Waals surface area contributed by atoms with Crippen LogP contribution in [0.15, 0.2) is 0 Å². The van der Waals surface area contributed by atoms with E-state index in [0.717, 1.165) is 4.90 Å². The molecule has 0 aromatic carbocycles. The summed E-state index contributed by atoms with van der Waals surface area (Å²) in [6.07, 6.45) is 6.08. The highest BCUT2D eigenvalue weighted by atomic mass is 16.4. The number of carboxylic acids is 1. The summed E-state index contributed by atoms with van der Waals surface area (Å²) in [5.74, 6) is 1.18. The van der Waals surface area contributed by atoms with Gasteiger partial charge in [0, 0.05) is 13.1 Å². The second kappa shape index (κ2) is 5.74. The van der Waals surface area contributed by atoms with Crippen molar-refractivity contribution in [1.29, 1.82) is 0 Å². The topological polar surface area (TPSA) is 81.1 Å². The summed E-state index contributed by atoms with van der Waals surface area (Å²) in [5, 5.41) is 18.5. The minimum atomic E-state index is -1.09. The zero-order chi connectivity index (χ0) is 13.8. The van der Waals surface area contributed by atoms with Crippen LogP contribution in [0.25, 0.3) is 0 Å². The first-order valence-electron chi connectivity index (χ1n) is 5.77. The molecule has 0 saturated carbocycles. The molecule has 0 radical (unpaired) electrons. The van der Waals surface area contributed by atoms with Gasteiger partial charge in [0.15, 0.2) is 0 Å². The Morgan fingerprint density at radius 2 is 2.00 bits per heavy atom. The molecule has 1 aliphatic rings. The molecule has 2 N–H and O–H groups in total. The molecule has 1 aliphatic heterocycles. The zero-order valence-corrected chi connectivity index (χ0v) is 10.4. The Kier molecular flexibility index (Phi) is 4.56. The van der Waals surface area contributed by atoms with Gasteiger partial charge >= 0.3 is 12.0 Å². The number of rotatable bonds is 3. The maximum absolute atomic E-state index is 12.0. The predicted octanol–water partition coefficient (Wildman–Crippen LogP) is -0.0270. The normalized spacial score (nSPS) is 17.9. The van der Waals surface area contributed by atoms with E-state index in [1.807, 2.05) is 0 Å². The number of nitrogens with zero attached hydrogens (tertiary/aromatic N) is 2. The number of piperidine rings is 1. The quantitative estimate of drug-likeness (QED) is 0.693. The highest BCUT2D eigenvalue weighted by Gasteiger charge is 2.31. The highest BCUT2D eigenvalue weighted by molar-refractivity contribution is 5.80. The van der Waals surface area contributed by atoms with Crippen molar-refractivity contribution in [3.63, 3.8) is 0 Å². The molecule has 0 aromatic heterocycles. The Morgan fingerprint density at radius 3 is 2.44 bits per heavy atom. The predicted molar refractivity (Wildman–Crippen MR) is 64.9 cm³/mol. The summed E-state index contributed by atoms with van der Waals surface area (Å²) in [5.41, 5.74) is -0.749. The van der Waals surface area contributed by atoms with E-state index in [1.54, 1.807) is 6.92 Å². The molecule has 100 valence electrons.